The first kappa shape index (κ1) is 9.86. The normalized spacial score (nSPS) is 17.5. The quantitative estimate of drug-likeness (QED) is 0.284. The van der Waals surface area contributed by atoms with Crippen molar-refractivity contribution >= 4 is 6.41 Å². The lowest BCUT2D eigenvalue weighted by molar-refractivity contribution is -0.120. The van der Waals surface area contributed by atoms with Crippen LogP contribution >= 0.6 is 0 Å². The third-order valence-corrected chi connectivity index (χ3v) is 2.47. The predicted octanol–water partition coefficient (Wildman–Crippen LogP) is 2.05. The van der Waals surface area contributed by atoms with Gasteiger partial charge in [0.1, 0.15) is 0 Å². The lowest BCUT2D eigenvalue weighted by Crippen LogP contribution is -2.35. The van der Waals surface area contributed by atoms with E-state index in [-0.39, 0.29) is 12.7 Å². The molecule has 13 heavy (non-hydrogen) atoms. The van der Waals surface area contributed by atoms with Crippen LogP contribution in [0.5, 0.6) is 0 Å². The molecule has 0 aromatic rings. The van der Waals surface area contributed by atoms with Crippen LogP contribution < -0.4 is 0 Å². The van der Waals surface area contributed by atoms with Gasteiger partial charge in [0.25, 0.3) is 0 Å². The van der Waals surface area contributed by atoms with Crippen LogP contribution in [-0.4, -0.2) is 24.0 Å². The monoisotopic (exact) mass is 182 g/mol. The number of rotatable bonds is 4. The molecule has 1 amide bonds. The first-order chi connectivity index (χ1) is 6.38. The van der Waals surface area contributed by atoms with Crippen LogP contribution in [0.25, 0.3) is 10.4 Å². The highest BCUT2D eigenvalue weighted by Gasteiger charge is 2.18. The highest BCUT2D eigenvalue weighted by molar-refractivity contribution is 5.47. The van der Waals surface area contributed by atoms with Gasteiger partial charge in [-0.2, -0.15) is 0 Å². The lowest BCUT2D eigenvalue weighted by atomic mass is 9.95. The molecule has 0 aromatic heterocycles. The second kappa shape index (κ2) is 5.43. The van der Waals surface area contributed by atoms with E-state index in [1.54, 1.807) is 4.90 Å². The zero-order chi connectivity index (χ0) is 9.52. The number of carbonyl (C=O) groups excluding carboxylic acids is 1. The molecule has 0 unspecified atom stereocenters. The Kier molecular flexibility index (Phi) is 4.12. The zero-order valence-electron chi connectivity index (χ0n) is 7.59. The number of nitrogens with zero attached hydrogens (tertiary/aromatic N) is 4. The minimum Gasteiger partial charge on any atom is -0.336 e. The molecule has 0 heterocycles. The van der Waals surface area contributed by atoms with Crippen molar-refractivity contribution in [1.29, 1.82) is 0 Å². The van der Waals surface area contributed by atoms with Gasteiger partial charge in [0, 0.05) is 11.0 Å². The molecule has 1 saturated carbocycles. The second-order valence-electron chi connectivity index (χ2n) is 3.28. The summed E-state index contributed by atoms with van der Waals surface area (Å²) in [6.45, 7) is 0.171. The third-order valence-electron chi connectivity index (χ3n) is 2.47. The Morgan fingerprint density at radius 1 is 1.46 bits per heavy atom. The fourth-order valence-corrected chi connectivity index (χ4v) is 1.75. The van der Waals surface area contributed by atoms with Gasteiger partial charge in [-0.3, -0.25) is 4.79 Å². The number of hydrogen-bond acceptors (Lipinski definition) is 2. The predicted molar refractivity (Wildman–Crippen MR) is 48.8 cm³/mol. The van der Waals surface area contributed by atoms with Crippen LogP contribution in [0.4, 0.5) is 0 Å². The Hall–Kier alpha value is -1.22. The Balaban J connectivity index is 2.43. The molecule has 72 valence electrons. The average Bonchev–Trinajstić information content (AvgIpc) is 2.21. The van der Waals surface area contributed by atoms with Gasteiger partial charge < -0.3 is 4.90 Å². The number of amides is 1. The van der Waals surface area contributed by atoms with Crippen LogP contribution in [0.15, 0.2) is 5.11 Å². The summed E-state index contributed by atoms with van der Waals surface area (Å²) < 4.78 is 0. The maximum absolute atomic E-state index is 10.7. The third kappa shape index (κ3) is 2.95. The Morgan fingerprint density at radius 2 is 2.15 bits per heavy atom. The van der Waals surface area contributed by atoms with Gasteiger partial charge in [0.05, 0.1) is 6.67 Å². The van der Waals surface area contributed by atoms with E-state index in [0.717, 1.165) is 19.3 Å². The molecule has 0 spiro atoms. The summed E-state index contributed by atoms with van der Waals surface area (Å²) in [7, 11) is 0. The van der Waals surface area contributed by atoms with Crippen molar-refractivity contribution in [2.75, 3.05) is 6.67 Å². The van der Waals surface area contributed by atoms with Crippen molar-refractivity contribution in [3.8, 4) is 0 Å². The summed E-state index contributed by atoms with van der Waals surface area (Å²) in [6, 6.07) is 0.289. The maximum atomic E-state index is 10.7. The van der Waals surface area contributed by atoms with Crippen LogP contribution in [0.3, 0.4) is 0 Å². The highest BCUT2D eigenvalue weighted by atomic mass is 16.1. The van der Waals surface area contributed by atoms with Crippen LogP contribution in [0.1, 0.15) is 32.1 Å². The molecule has 0 aliphatic heterocycles. The molecule has 1 aliphatic rings. The second-order valence-corrected chi connectivity index (χ2v) is 3.28. The van der Waals surface area contributed by atoms with Gasteiger partial charge in [-0.25, -0.2) is 0 Å². The van der Waals surface area contributed by atoms with Crippen LogP contribution in [0.2, 0.25) is 0 Å². The number of hydrogen-bond donors (Lipinski definition) is 0. The van der Waals surface area contributed by atoms with Crippen molar-refractivity contribution < 1.29 is 4.79 Å². The van der Waals surface area contributed by atoms with E-state index in [9.17, 15) is 4.79 Å². The number of carbonyl (C=O) groups is 1. The van der Waals surface area contributed by atoms with Crippen molar-refractivity contribution in [3.05, 3.63) is 10.4 Å². The molecule has 5 nitrogen and oxygen atoms in total. The summed E-state index contributed by atoms with van der Waals surface area (Å²) in [4.78, 5) is 14.9. The summed E-state index contributed by atoms with van der Waals surface area (Å²) in [6.07, 6.45) is 6.46. The topological polar surface area (TPSA) is 69.1 Å². The van der Waals surface area contributed by atoms with Crippen molar-refractivity contribution in [2.45, 2.75) is 38.1 Å². The van der Waals surface area contributed by atoms with Crippen molar-refractivity contribution in [1.82, 2.24) is 4.90 Å². The van der Waals surface area contributed by atoms with Gasteiger partial charge in [0.2, 0.25) is 6.41 Å². The number of azide groups is 1. The lowest BCUT2D eigenvalue weighted by Gasteiger charge is -2.29. The Labute approximate surface area is 77.3 Å². The molecule has 0 N–H and O–H groups in total. The summed E-state index contributed by atoms with van der Waals surface area (Å²) >= 11 is 0. The van der Waals surface area contributed by atoms with Gasteiger partial charge in [-0.1, -0.05) is 24.4 Å². The fourth-order valence-electron chi connectivity index (χ4n) is 1.75. The average molecular weight is 182 g/mol. The molecule has 1 aliphatic carbocycles. The molecule has 5 heteroatoms. The molecular formula is C8H14N4O. The molecule has 0 aromatic carbocycles. The first-order valence-electron chi connectivity index (χ1n) is 4.60. The highest BCUT2D eigenvalue weighted by Crippen LogP contribution is 2.21. The van der Waals surface area contributed by atoms with E-state index in [4.69, 9.17) is 5.53 Å². The van der Waals surface area contributed by atoms with E-state index in [2.05, 4.69) is 10.0 Å². The van der Waals surface area contributed by atoms with Crippen LogP contribution in [-0.2, 0) is 4.79 Å². The van der Waals surface area contributed by atoms with E-state index in [0.29, 0.717) is 0 Å². The summed E-state index contributed by atoms with van der Waals surface area (Å²) in [5.74, 6) is 0. The largest absolute Gasteiger partial charge is 0.336 e. The first-order valence-corrected chi connectivity index (χ1v) is 4.60. The fraction of sp³-hybridized carbons (Fsp3) is 0.875. The van der Waals surface area contributed by atoms with Gasteiger partial charge in [0.15, 0.2) is 0 Å². The standard InChI is InChI=1S/C8H14N4O/c9-11-10-6-12(7-13)8-4-2-1-3-5-8/h7-8H,1-6H2. The van der Waals surface area contributed by atoms with Crippen molar-refractivity contribution in [3.63, 3.8) is 0 Å². The van der Waals surface area contributed by atoms with Gasteiger partial charge in [-0.05, 0) is 18.4 Å². The van der Waals surface area contributed by atoms with Gasteiger partial charge in [-0.15, -0.1) is 0 Å². The van der Waals surface area contributed by atoms with Crippen LogP contribution in [0, 0.1) is 0 Å². The molecule has 1 fully saturated rings. The van der Waals surface area contributed by atoms with Crippen molar-refractivity contribution in [2.24, 2.45) is 5.11 Å². The SMILES string of the molecule is [N-]=[N+]=NCN(C=O)C1CCCCC1. The molecular weight excluding hydrogens is 168 g/mol. The van der Waals surface area contributed by atoms with E-state index in [1.165, 1.54) is 19.3 Å². The minimum absolute atomic E-state index is 0.171. The summed E-state index contributed by atoms with van der Waals surface area (Å²) in [5.41, 5.74) is 8.12. The molecule has 0 bridgehead atoms. The van der Waals surface area contributed by atoms with Gasteiger partial charge >= 0.3 is 0 Å². The Bertz CT molecular complexity index is 206. The zero-order valence-corrected chi connectivity index (χ0v) is 7.59. The molecule has 0 radical (unpaired) electrons. The minimum atomic E-state index is 0.171. The van der Waals surface area contributed by atoms with E-state index < -0.39 is 0 Å². The molecule has 1 rings (SSSR count). The maximum Gasteiger partial charge on any atom is 0.210 e. The summed E-state index contributed by atoms with van der Waals surface area (Å²) in [5, 5.41) is 3.39. The smallest absolute Gasteiger partial charge is 0.210 e. The van der Waals surface area contributed by atoms with E-state index >= 15 is 0 Å². The molecule has 0 saturated heterocycles. The Morgan fingerprint density at radius 3 is 2.69 bits per heavy atom. The molecule has 0 atom stereocenters. The van der Waals surface area contributed by atoms with E-state index in [1.807, 2.05) is 0 Å².